The largest absolute Gasteiger partial charge is 0.390 e. The van der Waals surface area contributed by atoms with Gasteiger partial charge in [0.2, 0.25) is 10.0 Å². The van der Waals surface area contributed by atoms with E-state index in [1.807, 2.05) is 18.4 Å². The highest BCUT2D eigenvalue weighted by Gasteiger charge is 2.30. The van der Waals surface area contributed by atoms with Gasteiger partial charge in [0.15, 0.2) is 0 Å². The average Bonchev–Trinajstić information content (AvgIpc) is 2.92. The Kier molecular flexibility index (Phi) is 5.11. The van der Waals surface area contributed by atoms with Crippen molar-refractivity contribution in [3.8, 4) is 0 Å². The number of rotatable bonds is 5. The molecule has 1 fully saturated rings. The fourth-order valence-corrected chi connectivity index (χ4v) is 4.52. The van der Waals surface area contributed by atoms with Crippen LogP contribution in [0.4, 0.5) is 0 Å². The zero-order valence-corrected chi connectivity index (χ0v) is 13.9. The molecule has 1 aliphatic carbocycles. The highest BCUT2D eigenvalue weighted by molar-refractivity contribution is 7.89. The van der Waals surface area contributed by atoms with Crippen LogP contribution in [0.15, 0.2) is 17.2 Å². The van der Waals surface area contributed by atoms with Crippen LogP contribution in [0.1, 0.15) is 57.7 Å². The molecule has 0 aliphatic heterocycles. The highest BCUT2D eigenvalue weighted by Crippen LogP contribution is 2.28. The number of aromatic nitrogens is 1. The molecule has 1 saturated carbocycles. The van der Waals surface area contributed by atoms with Gasteiger partial charge < -0.3 is 9.67 Å². The minimum atomic E-state index is -3.48. The molecule has 6 heteroatoms. The molecule has 0 unspecified atom stereocenters. The smallest absolute Gasteiger partial charge is 0.244 e. The second-order valence-electron chi connectivity index (χ2n) is 6.14. The quantitative estimate of drug-likeness (QED) is 0.908. The summed E-state index contributed by atoms with van der Waals surface area (Å²) in [5.41, 5.74) is 0.639. The first kappa shape index (κ1) is 16.5. The first-order chi connectivity index (χ1) is 9.87. The lowest BCUT2D eigenvalue weighted by molar-refractivity contribution is 0.268. The molecule has 0 radical (unpaired) electrons. The fraction of sp³-hybridized carbons (Fsp3) is 0.733. The van der Waals surface area contributed by atoms with Gasteiger partial charge in [-0.15, -0.1) is 0 Å². The van der Waals surface area contributed by atoms with Crippen molar-refractivity contribution < 1.29 is 13.5 Å². The van der Waals surface area contributed by atoms with Gasteiger partial charge in [-0.3, -0.25) is 0 Å². The highest BCUT2D eigenvalue weighted by atomic mass is 32.2. The van der Waals surface area contributed by atoms with Gasteiger partial charge in [0, 0.05) is 31.0 Å². The molecule has 1 aliphatic rings. The van der Waals surface area contributed by atoms with E-state index in [9.17, 15) is 13.5 Å². The molecule has 1 aromatic rings. The van der Waals surface area contributed by atoms with Crippen molar-refractivity contribution in [2.24, 2.45) is 0 Å². The zero-order valence-electron chi connectivity index (χ0n) is 13.1. The monoisotopic (exact) mass is 314 g/mol. The molecular weight excluding hydrogens is 288 g/mol. The molecule has 1 heterocycles. The van der Waals surface area contributed by atoms with Crippen LogP contribution >= 0.6 is 0 Å². The molecule has 0 atom stereocenters. The molecule has 0 amide bonds. The molecule has 0 saturated heterocycles. The number of hydrogen-bond donors (Lipinski definition) is 1. The van der Waals surface area contributed by atoms with Crippen molar-refractivity contribution in [2.75, 3.05) is 7.05 Å². The minimum Gasteiger partial charge on any atom is -0.390 e. The third-order valence-corrected chi connectivity index (χ3v) is 6.27. The maximum Gasteiger partial charge on any atom is 0.244 e. The van der Waals surface area contributed by atoms with Crippen LogP contribution in [0.3, 0.4) is 0 Å². The first-order valence-corrected chi connectivity index (χ1v) is 9.11. The van der Waals surface area contributed by atoms with Gasteiger partial charge in [-0.2, -0.15) is 4.31 Å². The summed E-state index contributed by atoms with van der Waals surface area (Å²) in [6.45, 7) is 3.79. The predicted molar refractivity (Wildman–Crippen MR) is 82.6 cm³/mol. The molecule has 21 heavy (non-hydrogen) atoms. The van der Waals surface area contributed by atoms with Crippen molar-refractivity contribution in [1.82, 2.24) is 8.87 Å². The SMILES string of the molecule is CC(C)n1cc(S(=O)(=O)N(C)C2CCCCC2)cc1CO. The average molecular weight is 314 g/mol. The Bertz CT molecular complexity index is 572. The second kappa shape index (κ2) is 6.50. The normalized spacial score (nSPS) is 17.8. The molecule has 0 bridgehead atoms. The van der Waals surface area contributed by atoms with Crippen molar-refractivity contribution in [2.45, 2.75) is 69.5 Å². The summed E-state index contributed by atoms with van der Waals surface area (Å²) >= 11 is 0. The summed E-state index contributed by atoms with van der Waals surface area (Å²) in [4.78, 5) is 0.285. The Labute approximate surface area is 127 Å². The van der Waals surface area contributed by atoms with E-state index in [4.69, 9.17) is 0 Å². The molecular formula is C15H26N2O3S. The van der Waals surface area contributed by atoms with Gasteiger partial charge in [-0.1, -0.05) is 19.3 Å². The minimum absolute atomic E-state index is 0.101. The van der Waals surface area contributed by atoms with Crippen LogP contribution in [-0.2, 0) is 16.6 Å². The van der Waals surface area contributed by atoms with Gasteiger partial charge in [-0.25, -0.2) is 8.42 Å². The Balaban J connectivity index is 2.30. The van der Waals surface area contributed by atoms with Crippen molar-refractivity contribution in [3.63, 3.8) is 0 Å². The predicted octanol–water partition coefficient (Wildman–Crippen LogP) is 2.51. The van der Waals surface area contributed by atoms with Crippen LogP contribution in [0.2, 0.25) is 0 Å². The van der Waals surface area contributed by atoms with Crippen molar-refractivity contribution in [3.05, 3.63) is 18.0 Å². The lowest BCUT2D eigenvalue weighted by Gasteiger charge is -2.30. The van der Waals surface area contributed by atoms with E-state index in [2.05, 4.69) is 0 Å². The van der Waals surface area contributed by atoms with E-state index in [-0.39, 0.29) is 23.6 Å². The molecule has 5 nitrogen and oxygen atoms in total. The molecule has 2 rings (SSSR count). The summed E-state index contributed by atoms with van der Waals surface area (Å²) in [6.07, 6.45) is 6.91. The number of nitrogens with zero attached hydrogens (tertiary/aromatic N) is 2. The van der Waals surface area contributed by atoms with Gasteiger partial charge in [0.1, 0.15) is 4.90 Å². The van der Waals surface area contributed by atoms with Crippen LogP contribution in [-0.4, -0.2) is 35.5 Å². The van der Waals surface area contributed by atoms with E-state index in [1.165, 1.54) is 10.7 Å². The Morgan fingerprint density at radius 3 is 2.43 bits per heavy atom. The van der Waals surface area contributed by atoms with Gasteiger partial charge in [0.25, 0.3) is 0 Å². The van der Waals surface area contributed by atoms with Gasteiger partial charge in [-0.05, 0) is 32.8 Å². The second-order valence-corrected chi connectivity index (χ2v) is 8.14. The lowest BCUT2D eigenvalue weighted by Crippen LogP contribution is -2.38. The van der Waals surface area contributed by atoms with Crippen LogP contribution < -0.4 is 0 Å². The number of aliphatic hydroxyl groups is 1. The van der Waals surface area contributed by atoms with Gasteiger partial charge in [0.05, 0.1) is 6.61 Å². The maximum absolute atomic E-state index is 12.8. The summed E-state index contributed by atoms with van der Waals surface area (Å²) in [7, 11) is -1.81. The third kappa shape index (κ3) is 3.33. The van der Waals surface area contributed by atoms with E-state index >= 15 is 0 Å². The van der Waals surface area contributed by atoms with Crippen LogP contribution in [0, 0.1) is 0 Å². The topological polar surface area (TPSA) is 62.5 Å². The summed E-state index contributed by atoms with van der Waals surface area (Å²) in [5, 5.41) is 9.40. The van der Waals surface area contributed by atoms with E-state index in [0.717, 1.165) is 25.7 Å². The maximum atomic E-state index is 12.8. The standard InChI is InChI=1S/C15H26N2O3S/c1-12(2)17-10-15(9-14(17)11-18)21(19,20)16(3)13-7-5-4-6-8-13/h9-10,12-13,18H,4-8,11H2,1-3H3. The molecule has 0 spiro atoms. The van der Waals surface area contributed by atoms with Crippen molar-refractivity contribution in [1.29, 1.82) is 0 Å². The number of aliphatic hydroxyl groups excluding tert-OH is 1. The van der Waals surface area contributed by atoms with Crippen LogP contribution in [0.5, 0.6) is 0 Å². The summed E-state index contributed by atoms with van der Waals surface area (Å²) < 4.78 is 28.9. The lowest BCUT2D eigenvalue weighted by atomic mass is 9.96. The van der Waals surface area contributed by atoms with E-state index in [1.54, 1.807) is 19.3 Å². The zero-order chi connectivity index (χ0) is 15.6. The number of sulfonamides is 1. The first-order valence-electron chi connectivity index (χ1n) is 7.67. The van der Waals surface area contributed by atoms with E-state index < -0.39 is 10.0 Å². The fourth-order valence-electron chi connectivity index (χ4n) is 3.05. The summed E-state index contributed by atoms with van der Waals surface area (Å²) in [5.74, 6) is 0. The Hall–Kier alpha value is -0.850. The Morgan fingerprint density at radius 1 is 1.33 bits per heavy atom. The Morgan fingerprint density at radius 2 is 1.95 bits per heavy atom. The van der Waals surface area contributed by atoms with Gasteiger partial charge >= 0.3 is 0 Å². The van der Waals surface area contributed by atoms with Crippen molar-refractivity contribution >= 4 is 10.0 Å². The molecule has 1 aromatic heterocycles. The van der Waals surface area contributed by atoms with Crippen LogP contribution in [0.25, 0.3) is 0 Å². The third-order valence-electron chi connectivity index (χ3n) is 4.39. The molecule has 0 aromatic carbocycles. The summed E-state index contributed by atoms with van der Waals surface area (Å²) in [6, 6.07) is 1.81. The molecule has 120 valence electrons. The van der Waals surface area contributed by atoms with E-state index in [0.29, 0.717) is 5.69 Å². The number of hydrogen-bond acceptors (Lipinski definition) is 3. The molecule has 1 N–H and O–H groups in total.